The van der Waals surface area contributed by atoms with E-state index in [1.807, 2.05) is 63.2 Å². The Labute approximate surface area is 219 Å². The topological polar surface area (TPSA) is 42.2 Å². The van der Waals surface area contributed by atoms with E-state index in [1.54, 1.807) is 0 Å². The van der Waals surface area contributed by atoms with Crippen molar-refractivity contribution < 1.29 is 9.90 Å². The first-order valence-electron chi connectivity index (χ1n) is 12.7. The predicted molar refractivity (Wildman–Crippen MR) is 154 cm³/mol. The van der Waals surface area contributed by atoms with Gasteiger partial charge in [0.2, 0.25) is 5.78 Å². The number of aryl methyl sites for hydroxylation is 1. The SMILES string of the molecule is C=C(C)/C(=C1\C(=O)C(c2c(C)n(-c3ccc(C(C)(C)C)cc3)c3ccccc23)=C1O)c1ccccc1C. The molecule has 0 radical (unpaired) electrons. The Kier molecular flexibility index (Phi) is 5.83. The van der Waals surface area contributed by atoms with Gasteiger partial charge >= 0.3 is 0 Å². The molecule has 3 aromatic carbocycles. The highest BCUT2D eigenvalue weighted by Crippen LogP contribution is 2.46. The number of fused-ring (bicyclic) bond motifs is 1. The number of allylic oxidation sites excluding steroid dienone is 4. The van der Waals surface area contributed by atoms with E-state index in [0.29, 0.717) is 16.7 Å². The zero-order valence-electron chi connectivity index (χ0n) is 22.4. The predicted octanol–water partition coefficient (Wildman–Crippen LogP) is 8.43. The minimum absolute atomic E-state index is 0.0420. The number of para-hydroxylation sites is 1. The highest BCUT2D eigenvalue weighted by atomic mass is 16.3. The molecule has 37 heavy (non-hydrogen) atoms. The van der Waals surface area contributed by atoms with Gasteiger partial charge in [-0.1, -0.05) is 81.9 Å². The van der Waals surface area contributed by atoms with E-state index in [0.717, 1.165) is 44.5 Å². The monoisotopic (exact) mass is 487 g/mol. The second-order valence-corrected chi connectivity index (χ2v) is 11.0. The van der Waals surface area contributed by atoms with Crippen molar-refractivity contribution in [3.8, 4) is 5.69 Å². The summed E-state index contributed by atoms with van der Waals surface area (Å²) < 4.78 is 2.17. The molecule has 0 fully saturated rings. The summed E-state index contributed by atoms with van der Waals surface area (Å²) in [4.78, 5) is 13.8. The van der Waals surface area contributed by atoms with E-state index in [4.69, 9.17) is 0 Å². The van der Waals surface area contributed by atoms with Crippen molar-refractivity contribution in [1.82, 2.24) is 4.57 Å². The summed E-state index contributed by atoms with van der Waals surface area (Å²) in [5, 5.41) is 12.3. The van der Waals surface area contributed by atoms with Gasteiger partial charge in [-0.15, -0.1) is 0 Å². The standard InChI is InChI=1S/C34H33NO2/c1-20(2)28(25-13-9-8-12-21(25)3)30-32(36)31(33(30)37)29-22(4)35(27-15-11-10-14-26(27)29)24-18-16-23(17-19-24)34(5,6)7/h8-19,36H,1H2,2-7H3/b30-28+. The molecule has 1 aliphatic carbocycles. The molecule has 3 nitrogen and oxygen atoms in total. The number of aliphatic hydroxyl groups excluding tert-OH is 1. The van der Waals surface area contributed by atoms with Crippen LogP contribution in [-0.4, -0.2) is 15.5 Å². The second-order valence-electron chi connectivity index (χ2n) is 11.0. The summed E-state index contributed by atoms with van der Waals surface area (Å²) in [5.41, 5.74) is 9.20. The molecule has 1 aliphatic rings. The molecule has 5 rings (SSSR count). The van der Waals surface area contributed by atoms with Crippen LogP contribution in [-0.2, 0) is 10.2 Å². The molecule has 0 spiro atoms. The summed E-state index contributed by atoms with van der Waals surface area (Å²) in [6, 6.07) is 24.5. The van der Waals surface area contributed by atoms with Gasteiger partial charge < -0.3 is 9.67 Å². The van der Waals surface area contributed by atoms with Crippen LogP contribution in [0.3, 0.4) is 0 Å². The quantitative estimate of drug-likeness (QED) is 0.294. The summed E-state index contributed by atoms with van der Waals surface area (Å²) in [5.74, 6) is -0.104. The van der Waals surface area contributed by atoms with Gasteiger partial charge in [0.05, 0.1) is 16.7 Å². The van der Waals surface area contributed by atoms with E-state index in [1.165, 1.54) is 5.56 Å². The molecule has 4 aromatic rings. The van der Waals surface area contributed by atoms with Gasteiger partial charge in [0, 0.05) is 22.3 Å². The maximum absolute atomic E-state index is 13.8. The zero-order chi connectivity index (χ0) is 26.6. The molecule has 186 valence electrons. The number of hydrogen-bond acceptors (Lipinski definition) is 2. The fourth-order valence-corrected chi connectivity index (χ4v) is 5.42. The number of carbonyl (C=O) groups is 1. The van der Waals surface area contributed by atoms with Crippen LogP contribution >= 0.6 is 0 Å². The van der Waals surface area contributed by atoms with Crippen molar-refractivity contribution in [2.24, 2.45) is 0 Å². The van der Waals surface area contributed by atoms with Crippen molar-refractivity contribution in [3.63, 3.8) is 0 Å². The van der Waals surface area contributed by atoms with Gasteiger partial charge in [-0.2, -0.15) is 0 Å². The maximum Gasteiger partial charge on any atom is 0.201 e. The van der Waals surface area contributed by atoms with Gasteiger partial charge in [0.1, 0.15) is 5.76 Å². The van der Waals surface area contributed by atoms with Crippen LogP contribution in [0.1, 0.15) is 55.6 Å². The summed E-state index contributed by atoms with van der Waals surface area (Å²) in [6.45, 7) is 16.6. The first-order chi connectivity index (χ1) is 17.5. The van der Waals surface area contributed by atoms with Gasteiger partial charge in [-0.3, -0.25) is 4.79 Å². The van der Waals surface area contributed by atoms with Crippen LogP contribution in [0.5, 0.6) is 0 Å². The third kappa shape index (κ3) is 3.86. The van der Waals surface area contributed by atoms with Crippen molar-refractivity contribution in [1.29, 1.82) is 0 Å². The van der Waals surface area contributed by atoms with Crippen molar-refractivity contribution in [3.05, 3.63) is 124 Å². The van der Waals surface area contributed by atoms with Crippen LogP contribution < -0.4 is 0 Å². The van der Waals surface area contributed by atoms with Crippen molar-refractivity contribution in [2.45, 2.75) is 47.0 Å². The lowest BCUT2D eigenvalue weighted by Gasteiger charge is -2.26. The molecular weight excluding hydrogens is 454 g/mol. The lowest BCUT2D eigenvalue weighted by molar-refractivity contribution is -0.111. The lowest BCUT2D eigenvalue weighted by atomic mass is 9.76. The smallest absolute Gasteiger partial charge is 0.201 e. The molecule has 0 amide bonds. The van der Waals surface area contributed by atoms with Crippen LogP contribution in [0, 0.1) is 13.8 Å². The van der Waals surface area contributed by atoms with Crippen molar-refractivity contribution >= 4 is 27.8 Å². The van der Waals surface area contributed by atoms with Gasteiger partial charge in [-0.25, -0.2) is 0 Å². The average Bonchev–Trinajstić information content (AvgIpc) is 3.14. The third-order valence-corrected chi connectivity index (χ3v) is 7.37. The third-order valence-electron chi connectivity index (χ3n) is 7.37. The minimum Gasteiger partial charge on any atom is -0.506 e. The Morgan fingerprint density at radius 1 is 0.892 bits per heavy atom. The zero-order valence-corrected chi connectivity index (χ0v) is 22.4. The molecule has 0 aliphatic heterocycles. The summed E-state index contributed by atoms with van der Waals surface area (Å²) in [6.07, 6.45) is 0. The second kappa shape index (κ2) is 8.77. The molecule has 1 aromatic heterocycles. The molecule has 3 heteroatoms. The summed E-state index contributed by atoms with van der Waals surface area (Å²) >= 11 is 0. The maximum atomic E-state index is 13.8. The molecule has 0 saturated carbocycles. The number of benzene rings is 3. The molecule has 0 atom stereocenters. The molecule has 1 heterocycles. The Balaban J connectivity index is 1.73. The van der Waals surface area contributed by atoms with Gasteiger partial charge in [0.25, 0.3) is 0 Å². The average molecular weight is 488 g/mol. The number of Topliss-reactive ketones (excluding diaryl/α,β-unsaturated/α-hetero) is 1. The van der Waals surface area contributed by atoms with Crippen LogP contribution in [0.4, 0.5) is 0 Å². The number of nitrogens with zero attached hydrogens (tertiary/aromatic N) is 1. The Morgan fingerprint density at radius 3 is 2.11 bits per heavy atom. The Morgan fingerprint density at radius 2 is 1.51 bits per heavy atom. The lowest BCUT2D eigenvalue weighted by Crippen LogP contribution is -2.23. The normalized spacial score (nSPS) is 15.2. The highest BCUT2D eigenvalue weighted by molar-refractivity contribution is 6.43. The molecule has 0 saturated heterocycles. The molecule has 0 unspecified atom stereocenters. The number of aromatic nitrogens is 1. The first kappa shape index (κ1) is 24.6. The minimum atomic E-state index is -0.146. The number of hydrogen-bond donors (Lipinski definition) is 1. The first-order valence-corrected chi connectivity index (χ1v) is 12.7. The number of aliphatic hydroxyl groups is 1. The van der Waals surface area contributed by atoms with E-state index in [-0.39, 0.29) is 17.0 Å². The van der Waals surface area contributed by atoms with Crippen LogP contribution in [0.25, 0.3) is 27.7 Å². The van der Waals surface area contributed by atoms with Crippen LogP contribution in [0.2, 0.25) is 0 Å². The van der Waals surface area contributed by atoms with Crippen LogP contribution in [0.15, 0.2) is 96.3 Å². The van der Waals surface area contributed by atoms with Gasteiger partial charge in [-0.05, 0) is 72.2 Å². The van der Waals surface area contributed by atoms with E-state index in [9.17, 15) is 9.90 Å². The molecule has 1 N–H and O–H groups in total. The Hall–Kier alpha value is -4.11. The fraction of sp³-hybridized carbons (Fsp3) is 0.206. The largest absolute Gasteiger partial charge is 0.506 e. The summed E-state index contributed by atoms with van der Waals surface area (Å²) in [7, 11) is 0. The Bertz CT molecular complexity index is 1650. The molecule has 0 bridgehead atoms. The number of rotatable bonds is 4. The van der Waals surface area contributed by atoms with E-state index in [2.05, 4.69) is 62.2 Å². The van der Waals surface area contributed by atoms with Gasteiger partial charge in [0.15, 0.2) is 0 Å². The van der Waals surface area contributed by atoms with E-state index < -0.39 is 0 Å². The van der Waals surface area contributed by atoms with Crippen molar-refractivity contribution in [2.75, 3.05) is 0 Å². The molecular formula is C34H33NO2. The number of ketones is 1. The highest BCUT2D eigenvalue weighted by Gasteiger charge is 2.40. The van der Waals surface area contributed by atoms with E-state index >= 15 is 0 Å². The number of carbonyl (C=O) groups excluding carboxylic acids is 1. The fourth-order valence-electron chi connectivity index (χ4n) is 5.42.